The van der Waals surface area contributed by atoms with E-state index in [1.54, 1.807) is 18.3 Å². The van der Waals surface area contributed by atoms with Crippen molar-refractivity contribution in [3.63, 3.8) is 0 Å². The predicted molar refractivity (Wildman–Crippen MR) is 110 cm³/mol. The van der Waals surface area contributed by atoms with Crippen LogP contribution in [0.15, 0.2) is 36.5 Å². The molecule has 1 fully saturated rings. The number of pyridine rings is 1. The summed E-state index contributed by atoms with van der Waals surface area (Å²) in [5.74, 6) is -0.180. The normalized spacial score (nSPS) is 13.7. The smallest absolute Gasteiger partial charge is 0.310 e. The van der Waals surface area contributed by atoms with E-state index in [1.807, 2.05) is 36.7 Å². The molecular weight excluding hydrogens is 368 g/mol. The van der Waals surface area contributed by atoms with Crippen molar-refractivity contribution in [1.82, 2.24) is 14.8 Å². The molecule has 1 amide bonds. The van der Waals surface area contributed by atoms with Crippen molar-refractivity contribution in [2.75, 3.05) is 12.4 Å². The Balaban J connectivity index is 1.72. The second-order valence-electron chi connectivity index (χ2n) is 7.65. The van der Waals surface area contributed by atoms with Crippen LogP contribution in [0.1, 0.15) is 60.3 Å². The van der Waals surface area contributed by atoms with E-state index in [0.29, 0.717) is 22.7 Å². The number of ether oxygens (including phenoxy) is 1. The van der Waals surface area contributed by atoms with E-state index in [4.69, 9.17) is 9.72 Å². The van der Waals surface area contributed by atoms with Crippen LogP contribution in [-0.2, 0) is 16.0 Å². The first-order valence-electron chi connectivity index (χ1n) is 9.82. The third kappa shape index (κ3) is 3.85. The highest BCUT2D eigenvalue weighted by Crippen LogP contribution is 2.40. The van der Waals surface area contributed by atoms with Crippen LogP contribution < -0.4 is 5.32 Å². The van der Waals surface area contributed by atoms with Crippen LogP contribution in [0.5, 0.6) is 0 Å². The number of esters is 1. The zero-order valence-electron chi connectivity index (χ0n) is 16.8. The van der Waals surface area contributed by atoms with E-state index < -0.39 is 0 Å². The Morgan fingerprint density at radius 2 is 2.03 bits per heavy atom. The van der Waals surface area contributed by atoms with Gasteiger partial charge >= 0.3 is 5.97 Å². The number of aromatic nitrogens is 3. The van der Waals surface area contributed by atoms with Crippen molar-refractivity contribution in [2.45, 2.75) is 45.1 Å². The number of methoxy groups -OCH3 is 1. The Morgan fingerprint density at radius 3 is 2.72 bits per heavy atom. The fourth-order valence-corrected chi connectivity index (χ4v) is 3.41. The molecule has 1 saturated carbocycles. The van der Waals surface area contributed by atoms with Crippen molar-refractivity contribution in [1.29, 1.82) is 0 Å². The summed E-state index contributed by atoms with van der Waals surface area (Å²) in [4.78, 5) is 29.7. The van der Waals surface area contributed by atoms with Crippen LogP contribution in [0.3, 0.4) is 0 Å². The van der Waals surface area contributed by atoms with Crippen LogP contribution in [0.25, 0.3) is 11.0 Å². The van der Waals surface area contributed by atoms with E-state index in [-0.39, 0.29) is 24.3 Å². The quantitative estimate of drug-likeness (QED) is 0.644. The van der Waals surface area contributed by atoms with Crippen molar-refractivity contribution in [3.05, 3.63) is 53.3 Å². The van der Waals surface area contributed by atoms with Gasteiger partial charge in [0.15, 0.2) is 5.65 Å². The Bertz CT molecular complexity index is 1080. The highest BCUT2D eigenvalue weighted by molar-refractivity contribution is 6.12. The van der Waals surface area contributed by atoms with Gasteiger partial charge in [0.05, 0.1) is 30.7 Å². The van der Waals surface area contributed by atoms with Crippen molar-refractivity contribution >= 4 is 28.6 Å². The fraction of sp³-hybridized carbons (Fsp3) is 0.364. The summed E-state index contributed by atoms with van der Waals surface area (Å²) in [6.45, 7) is 4.08. The molecule has 0 aliphatic heterocycles. The largest absolute Gasteiger partial charge is 0.469 e. The molecule has 0 spiro atoms. The zero-order chi connectivity index (χ0) is 20.5. The molecule has 0 bridgehead atoms. The van der Waals surface area contributed by atoms with Crippen LogP contribution in [0, 0.1) is 0 Å². The standard InChI is InChI=1S/C22H24N4O3/c1-13(2)26-21-17(12-23-26)16(11-19(24-21)14-8-9-14)22(28)25-18-7-5-4-6-15(18)10-20(27)29-3/h4-7,11-14H,8-10H2,1-3H3,(H,25,28). The summed E-state index contributed by atoms with van der Waals surface area (Å²) in [6, 6.07) is 9.27. The second kappa shape index (κ2) is 7.66. The molecule has 1 aliphatic carbocycles. The SMILES string of the molecule is COC(=O)Cc1ccccc1NC(=O)c1cc(C2CC2)nc2c1cnn2C(C)C. The van der Waals surface area contributed by atoms with Gasteiger partial charge in [-0.2, -0.15) is 5.10 Å². The highest BCUT2D eigenvalue weighted by Gasteiger charge is 2.28. The van der Waals surface area contributed by atoms with E-state index in [2.05, 4.69) is 10.4 Å². The number of hydrogen-bond acceptors (Lipinski definition) is 5. The van der Waals surface area contributed by atoms with Crippen LogP contribution >= 0.6 is 0 Å². The van der Waals surface area contributed by atoms with Crippen LogP contribution in [0.4, 0.5) is 5.69 Å². The molecule has 1 aliphatic rings. The Morgan fingerprint density at radius 1 is 1.28 bits per heavy atom. The Kier molecular flexibility index (Phi) is 5.05. The van der Waals surface area contributed by atoms with E-state index in [9.17, 15) is 9.59 Å². The van der Waals surface area contributed by atoms with Gasteiger partial charge in [-0.15, -0.1) is 0 Å². The lowest BCUT2D eigenvalue weighted by Crippen LogP contribution is -2.16. The zero-order valence-corrected chi connectivity index (χ0v) is 16.8. The number of carbonyl (C=O) groups excluding carboxylic acids is 2. The van der Waals surface area contributed by atoms with Gasteiger partial charge in [-0.1, -0.05) is 18.2 Å². The molecule has 0 unspecified atom stereocenters. The molecular formula is C22H24N4O3. The number of anilines is 1. The van der Waals surface area contributed by atoms with Gasteiger partial charge < -0.3 is 10.1 Å². The molecule has 7 nitrogen and oxygen atoms in total. The lowest BCUT2D eigenvalue weighted by molar-refractivity contribution is -0.139. The monoisotopic (exact) mass is 392 g/mol. The summed E-state index contributed by atoms with van der Waals surface area (Å²) in [5, 5.41) is 8.14. The molecule has 4 rings (SSSR count). The van der Waals surface area contributed by atoms with Gasteiger partial charge in [0, 0.05) is 23.3 Å². The van der Waals surface area contributed by atoms with Gasteiger partial charge in [0.1, 0.15) is 0 Å². The Labute approximate surface area is 169 Å². The van der Waals surface area contributed by atoms with Crippen molar-refractivity contribution in [2.24, 2.45) is 0 Å². The van der Waals surface area contributed by atoms with E-state index in [1.165, 1.54) is 7.11 Å². The van der Waals surface area contributed by atoms with Crippen molar-refractivity contribution in [3.8, 4) is 0 Å². The minimum Gasteiger partial charge on any atom is -0.469 e. The fourth-order valence-electron chi connectivity index (χ4n) is 3.41. The number of carbonyl (C=O) groups is 2. The molecule has 0 radical (unpaired) electrons. The lowest BCUT2D eigenvalue weighted by Gasteiger charge is -2.13. The van der Waals surface area contributed by atoms with Gasteiger partial charge in [0.25, 0.3) is 5.91 Å². The van der Waals surface area contributed by atoms with Crippen LogP contribution in [0.2, 0.25) is 0 Å². The third-order valence-corrected chi connectivity index (χ3v) is 5.14. The maximum atomic E-state index is 13.2. The topological polar surface area (TPSA) is 86.1 Å². The predicted octanol–water partition coefficient (Wildman–Crippen LogP) is 3.86. The third-order valence-electron chi connectivity index (χ3n) is 5.14. The summed E-state index contributed by atoms with van der Waals surface area (Å²) in [5.41, 5.74) is 3.53. The number of benzene rings is 1. The average Bonchev–Trinajstić information content (AvgIpc) is 3.47. The maximum absolute atomic E-state index is 13.2. The minimum atomic E-state index is -0.354. The number of rotatable bonds is 6. The molecule has 29 heavy (non-hydrogen) atoms. The molecule has 1 aromatic carbocycles. The summed E-state index contributed by atoms with van der Waals surface area (Å²) >= 11 is 0. The molecule has 0 atom stereocenters. The van der Waals surface area contributed by atoms with Gasteiger partial charge in [0.2, 0.25) is 0 Å². The number of fused-ring (bicyclic) bond motifs is 1. The second-order valence-corrected chi connectivity index (χ2v) is 7.65. The lowest BCUT2D eigenvalue weighted by atomic mass is 10.1. The molecule has 2 aromatic heterocycles. The first kappa shape index (κ1) is 19.1. The molecule has 3 aromatic rings. The van der Waals surface area contributed by atoms with Gasteiger partial charge in [-0.3, -0.25) is 9.59 Å². The molecule has 1 N–H and O–H groups in total. The summed E-state index contributed by atoms with van der Waals surface area (Å²) in [7, 11) is 1.35. The molecule has 0 saturated heterocycles. The number of nitrogens with zero attached hydrogens (tertiary/aromatic N) is 3. The maximum Gasteiger partial charge on any atom is 0.310 e. The number of para-hydroxylation sites is 1. The number of hydrogen-bond donors (Lipinski definition) is 1. The molecule has 150 valence electrons. The van der Waals surface area contributed by atoms with Gasteiger partial charge in [-0.05, 0) is 44.4 Å². The number of nitrogens with one attached hydrogen (secondary N) is 1. The molecule has 2 heterocycles. The minimum absolute atomic E-state index is 0.0946. The summed E-state index contributed by atoms with van der Waals surface area (Å²) < 4.78 is 6.61. The van der Waals surface area contributed by atoms with E-state index >= 15 is 0 Å². The highest BCUT2D eigenvalue weighted by atomic mass is 16.5. The van der Waals surface area contributed by atoms with E-state index in [0.717, 1.165) is 29.6 Å². The van der Waals surface area contributed by atoms with Crippen LogP contribution in [-0.4, -0.2) is 33.8 Å². The average molecular weight is 392 g/mol. The summed E-state index contributed by atoms with van der Waals surface area (Å²) in [6.07, 6.45) is 3.99. The Hall–Kier alpha value is -3.22. The number of amides is 1. The van der Waals surface area contributed by atoms with Crippen molar-refractivity contribution < 1.29 is 14.3 Å². The molecule has 7 heteroatoms. The first-order chi connectivity index (χ1) is 14.0. The van der Waals surface area contributed by atoms with Gasteiger partial charge in [-0.25, -0.2) is 9.67 Å². The first-order valence-corrected chi connectivity index (χ1v) is 9.82.